The van der Waals surface area contributed by atoms with Crippen molar-refractivity contribution < 1.29 is 0 Å². The van der Waals surface area contributed by atoms with Crippen LogP contribution in [0.3, 0.4) is 0 Å². The van der Waals surface area contributed by atoms with Crippen LogP contribution in [0, 0.1) is 36.5 Å². The lowest BCUT2D eigenvalue weighted by Gasteiger charge is -2.21. The summed E-state index contributed by atoms with van der Waals surface area (Å²) >= 11 is 0. The molecule has 4 heteroatoms. The van der Waals surface area contributed by atoms with Crippen LogP contribution < -0.4 is 0 Å². The zero-order chi connectivity index (χ0) is 29.9. The third-order valence-corrected chi connectivity index (χ3v) is 8.64. The monoisotopic (exact) mass is 562 g/mol. The Balaban J connectivity index is 1.61. The number of nitriles is 2. The van der Waals surface area contributed by atoms with Gasteiger partial charge in [0, 0.05) is 27.1 Å². The van der Waals surface area contributed by atoms with Crippen LogP contribution in [0.2, 0.25) is 0 Å². The molecule has 0 spiro atoms. The molecule has 8 aromatic rings. The van der Waals surface area contributed by atoms with E-state index in [0.717, 1.165) is 66.1 Å². The van der Waals surface area contributed by atoms with Crippen molar-refractivity contribution in [2.45, 2.75) is 13.8 Å². The highest BCUT2D eigenvalue weighted by Crippen LogP contribution is 2.43. The van der Waals surface area contributed by atoms with Crippen LogP contribution in [-0.4, -0.2) is 9.13 Å². The van der Waals surface area contributed by atoms with Crippen LogP contribution in [0.5, 0.6) is 0 Å². The molecule has 0 N–H and O–H groups in total. The van der Waals surface area contributed by atoms with Gasteiger partial charge in [-0.3, -0.25) is 0 Å². The second kappa shape index (κ2) is 9.73. The van der Waals surface area contributed by atoms with Crippen molar-refractivity contribution in [3.05, 3.63) is 144 Å². The second-order valence-corrected chi connectivity index (χ2v) is 11.4. The van der Waals surface area contributed by atoms with Gasteiger partial charge in [0.25, 0.3) is 0 Å². The van der Waals surface area contributed by atoms with Crippen molar-refractivity contribution in [1.29, 1.82) is 10.5 Å². The highest BCUT2D eigenvalue weighted by molar-refractivity contribution is 6.12. The number of aromatic nitrogens is 2. The molecule has 206 valence electrons. The Labute approximate surface area is 254 Å². The summed E-state index contributed by atoms with van der Waals surface area (Å²) in [5.41, 5.74) is 11.4. The first-order chi connectivity index (χ1) is 21.6. The molecule has 0 bridgehead atoms. The summed E-state index contributed by atoms with van der Waals surface area (Å²) in [6, 6.07) is 46.5. The SMILES string of the molecule is Cc1ccc2c(c1)c1ccccc1n2-c1cc(C#N)cc(-n2c3ccccc3c3cc(C)ccc32)c1-c1cccc(C#N)c1. The van der Waals surface area contributed by atoms with E-state index in [0.29, 0.717) is 11.1 Å². The number of para-hydroxylation sites is 2. The Morgan fingerprint density at radius 2 is 0.955 bits per heavy atom. The molecule has 2 heterocycles. The molecular weight excluding hydrogens is 536 g/mol. The number of rotatable bonds is 3. The molecule has 0 radical (unpaired) electrons. The molecule has 0 saturated carbocycles. The van der Waals surface area contributed by atoms with Gasteiger partial charge in [0.2, 0.25) is 0 Å². The Hall–Kier alpha value is -6.10. The van der Waals surface area contributed by atoms with Gasteiger partial charge in [-0.25, -0.2) is 0 Å². The summed E-state index contributed by atoms with van der Waals surface area (Å²) < 4.78 is 4.56. The fourth-order valence-corrected chi connectivity index (χ4v) is 6.76. The predicted molar refractivity (Wildman–Crippen MR) is 179 cm³/mol. The lowest BCUT2D eigenvalue weighted by Crippen LogP contribution is -2.05. The molecule has 0 amide bonds. The van der Waals surface area contributed by atoms with E-state index in [1.165, 1.54) is 11.1 Å². The Morgan fingerprint density at radius 1 is 0.455 bits per heavy atom. The maximum atomic E-state index is 10.4. The average molecular weight is 563 g/mol. The van der Waals surface area contributed by atoms with Crippen LogP contribution in [-0.2, 0) is 0 Å². The quantitative estimate of drug-likeness (QED) is 0.215. The molecule has 0 atom stereocenters. The van der Waals surface area contributed by atoms with Gasteiger partial charge < -0.3 is 9.13 Å². The molecule has 0 unspecified atom stereocenters. The summed E-state index contributed by atoms with van der Waals surface area (Å²) in [7, 11) is 0. The van der Waals surface area contributed by atoms with E-state index in [1.54, 1.807) is 0 Å². The summed E-state index contributed by atoms with van der Waals surface area (Å²) in [5.74, 6) is 0. The fraction of sp³-hybridized carbons (Fsp3) is 0.0500. The van der Waals surface area contributed by atoms with Crippen LogP contribution >= 0.6 is 0 Å². The summed E-state index contributed by atoms with van der Waals surface area (Å²) in [6.07, 6.45) is 0. The molecule has 0 aliphatic carbocycles. The molecule has 44 heavy (non-hydrogen) atoms. The molecular formula is C40H26N4. The minimum absolute atomic E-state index is 0.561. The minimum atomic E-state index is 0.561. The first kappa shape index (κ1) is 25.6. The van der Waals surface area contributed by atoms with Gasteiger partial charge in [0.1, 0.15) is 0 Å². The maximum Gasteiger partial charge on any atom is 0.0993 e. The molecule has 4 nitrogen and oxygen atoms in total. The average Bonchev–Trinajstić information content (AvgIpc) is 3.56. The molecule has 0 saturated heterocycles. The lowest BCUT2D eigenvalue weighted by molar-refractivity contribution is 1.13. The largest absolute Gasteiger partial charge is 0.308 e. The third-order valence-electron chi connectivity index (χ3n) is 8.64. The van der Waals surface area contributed by atoms with Gasteiger partial charge in [-0.15, -0.1) is 0 Å². The number of hydrogen-bond acceptors (Lipinski definition) is 2. The zero-order valence-electron chi connectivity index (χ0n) is 24.3. The van der Waals surface area contributed by atoms with Crippen molar-refractivity contribution in [2.24, 2.45) is 0 Å². The molecule has 2 aromatic heterocycles. The predicted octanol–water partition coefficient (Wildman–Crippen LogP) is 9.91. The highest BCUT2D eigenvalue weighted by Gasteiger charge is 2.23. The van der Waals surface area contributed by atoms with E-state index < -0.39 is 0 Å². The number of benzene rings is 6. The van der Waals surface area contributed by atoms with Gasteiger partial charge in [-0.2, -0.15) is 10.5 Å². The summed E-state index contributed by atoms with van der Waals surface area (Å²) in [4.78, 5) is 0. The van der Waals surface area contributed by atoms with E-state index in [1.807, 2.05) is 30.3 Å². The van der Waals surface area contributed by atoms with Gasteiger partial charge in [-0.05, 0) is 80.1 Å². The van der Waals surface area contributed by atoms with Gasteiger partial charge >= 0.3 is 0 Å². The van der Waals surface area contributed by atoms with Crippen molar-refractivity contribution in [3.8, 4) is 34.6 Å². The second-order valence-electron chi connectivity index (χ2n) is 11.4. The van der Waals surface area contributed by atoms with Crippen LogP contribution in [0.1, 0.15) is 22.3 Å². The molecule has 6 aromatic carbocycles. The number of hydrogen-bond donors (Lipinski definition) is 0. The van der Waals surface area contributed by atoms with E-state index in [2.05, 4.69) is 126 Å². The third kappa shape index (κ3) is 3.76. The van der Waals surface area contributed by atoms with Gasteiger partial charge in [-0.1, -0.05) is 71.8 Å². The highest BCUT2D eigenvalue weighted by atomic mass is 15.0. The van der Waals surface area contributed by atoms with E-state index in [9.17, 15) is 10.5 Å². The molecule has 8 rings (SSSR count). The van der Waals surface area contributed by atoms with E-state index in [-0.39, 0.29) is 0 Å². The number of nitrogens with zero attached hydrogens (tertiary/aromatic N) is 4. The molecule has 0 aliphatic rings. The number of fused-ring (bicyclic) bond motifs is 6. The Kier molecular flexibility index (Phi) is 5.66. The normalized spacial score (nSPS) is 11.4. The van der Waals surface area contributed by atoms with Crippen LogP contribution in [0.25, 0.3) is 66.1 Å². The van der Waals surface area contributed by atoms with Gasteiger partial charge in [0.05, 0.1) is 56.7 Å². The van der Waals surface area contributed by atoms with Crippen molar-refractivity contribution in [1.82, 2.24) is 9.13 Å². The Morgan fingerprint density at radius 3 is 1.48 bits per heavy atom. The van der Waals surface area contributed by atoms with E-state index in [4.69, 9.17) is 0 Å². The summed E-state index contributed by atoms with van der Waals surface area (Å²) in [5, 5.41) is 25.0. The number of aryl methyl sites for hydroxylation is 2. The van der Waals surface area contributed by atoms with E-state index >= 15 is 0 Å². The van der Waals surface area contributed by atoms with Crippen molar-refractivity contribution >= 4 is 43.6 Å². The lowest BCUT2D eigenvalue weighted by atomic mass is 9.97. The Bertz CT molecular complexity index is 2410. The fourth-order valence-electron chi connectivity index (χ4n) is 6.76. The zero-order valence-corrected chi connectivity index (χ0v) is 24.3. The smallest absolute Gasteiger partial charge is 0.0993 e. The first-order valence-corrected chi connectivity index (χ1v) is 14.6. The van der Waals surface area contributed by atoms with Crippen LogP contribution in [0.4, 0.5) is 0 Å². The standard InChI is InChI=1S/C40H26N4/c1-25-14-16-36-32(18-25)30-10-3-5-12-34(30)43(36)38-21-28(24-42)22-39(40(38)29-9-7-8-27(20-29)23-41)44-35-13-6-4-11-31(35)33-19-26(2)15-17-37(33)44/h3-22H,1-2H3. The topological polar surface area (TPSA) is 57.4 Å². The molecule has 0 fully saturated rings. The molecule has 0 aliphatic heterocycles. The summed E-state index contributed by atoms with van der Waals surface area (Å²) in [6.45, 7) is 4.23. The van der Waals surface area contributed by atoms with Crippen LogP contribution in [0.15, 0.2) is 121 Å². The van der Waals surface area contributed by atoms with Crippen molar-refractivity contribution in [3.63, 3.8) is 0 Å². The van der Waals surface area contributed by atoms with Crippen molar-refractivity contribution in [2.75, 3.05) is 0 Å². The van der Waals surface area contributed by atoms with Gasteiger partial charge in [0.15, 0.2) is 0 Å². The maximum absolute atomic E-state index is 10.4. The first-order valence-electron chi connectivity index (χ1n) is 14.6. The minimum Gasteiger partial charge on any atom is -0.308 e.